The molecular formula is C15H34N2O2. The van der Waals surface area contributed by atoms with Gasteiger partial charge in [0.15, 0.2) is 0 Å². The van der Waals surface area contributed by atoms with Gasteiger partial charge in [0.05, 0.1) is 13.2 Å². The Balaban J connectivity index is 4.15. The Labute approximate surface area is 119 Å². The molecule has 116 valence electrons. The van der Waals surface area contributed by atoms with Crippen molar-refractivity contribution in [1.82, 2.24) is 10.2 Å². The zero-order valence-electron chi connectivity index (χ0n) is 13.5. The SMILES string of the molecule is CCC(CO)(CCCN(CCOC)CC(C)C)NC. The van der Waals surface area contributed by atoms with Crippen LogP contribution in [0, 0.1) is 5.92 Å². The van der Waals surface area contributed by atoms with Crippen LogP contribution in [0.2, 0.25) is 0 Å². The summed E-state index contributed by atoms with van der Waals surface area (Å²) in [5.74, 6) is 0.676. The number of ether oxygens (including phenoxy) is 1. The lowest BCUT2D eigenvalue weighted by Gasteiger charge is -2.32. The van der Waals surface area contributed by atoms with Gasteiger partial charge in [-0.05, 0) is 38.8 Å². The van der Waals surface area contributed by atoms with Gasteiger partial charge in [-0.25, -0.2) is 0 Å². The molecule has 1 unspecified atom stereocenters. The van der Waals surface area contributed by atoms with Crippen LogP contribution in [0.15, 0.2) is 0 Å². The summed E-state index contributed by atoms with van der Waals surface area (Å²) >= 11 is 0. The molecule has 2 N–H and O–H groups in total. The third-order valence-electron chi connectivity index (χ3n) is 3.87. The highest BCUT2D eigenvalue weighted by molar-refractivity contribution is 4.84. The number of nitrogens with one attached hydrogen (secondary N) is 1. The maximum Gasteiger partial charge on any atom is 0.0613 e. The molecule has 0 bridgehead atoms. The van der Waals surface area contributed by atoms with E-state index in [4.69, 9.17) is 4.74 Å². The molecular weight excluding hydrogens is 240 g/mol. The molecule has 1 atom stereocenters. The minimum atomic E-state index is -0.106. The highest BCUT2D eigenvalue weighted by Gasteiger charge is 2.24. The minimum Gasteiger partial charge on any atom is -0.394 e. The Kier molecular flexibility index (Phi) is 10.5. The van der Waals surface area contributed by atoms with Crippen molar-refractivity contribution in [3.63, 3.8) is 0 Å². The van der Waals surface area contributed by atoms with Crippen LogP contribution in [-0.2, 0) is 4.74 Å². The lowest BCUT2D eigenvalue weighted by atomic mass is 9.91. The molecule has 19 heavy (non-hydrogen) atoms. The molecule has 0 aromatic carbocycles. The number of aliphatic hydroxyl groups excluding tert-OH is 1. The highest BCUT2D eigenvalue weighted by atomic mass is 16.5. The zero-order chi connectivity index (χ0) is 14.7. The van der Waals surface area contributed by atoms with E-state index >= 15 is 0 Å². The van der Waals surface area contributed by atoms with Crippen LogP contribution in [0.4, 0.5) is 0 Å². The molecule has 0 fully saturated rings. The number of likely N-dealkylation sites (N-methyl/N-ethyl adjacent to an activating group) is 1. The van der Waals surface area contributed by atoms with Gasteiger partial charge in [0, 0.05) is 25.7 Å². The van der Waals surface area contributed by atoms with Gasteiger partial charge in [0.1, 0.15) is 0 Å². The Morgan fingerprint density at radius 1 is 1.32 bits per heavy atom. The average molecular weight is 274 g/mol. The fourth-order valence-corrected chi connectivity index (χ4v) is 2.42. The second kappa shape index (κ2) is 10.6. The molecule has 0 aromatic heterocycles. The molecule has 0 aliphatic heterocycles. The van der Waals surface area contributed by atoms with E-state index in [-0.39, 0.29) is 12.1 Å². The summed E-state index contributed by atoms with van der Waals surface area (Å²) in [6.45, 7) is 10.8. The normalized spacial score (nSPS) is 15.2. The van der Waals surface area contributed by atoms with Crippen LogP contribution in [0.25, 0.3) is 0 Å². The van der Waals surface area contributed by atoms with E-state index in [1.165, 1.54) is 0 Å². The van der Waals surface area contributed by atoms with Crippen LogP contribution in [0.1, 0.15) is 40.0 Å². The molecule has 0 saturated carbocycles. The first-order valence-electron chi connectivity index (χ1n) is 7.54. The summed E-state index contributed by atoms with van der Waals surface area (Å²) in [6.07, 6.45) is 3.08. The second-order valence-electron chi connectivity index (χ2n) is 5.83. The number of hydrogen-bond donors (Lipinski definition) is 2. The average Bonchev–Trinajstić information content (AvgIpc) is 2.40. The second-order valence-corrected chi connectivity index (χ2v) is 5.83. The third kappa shape index (κ3) is 7.88. The molecule has 0 radical (unpaired) electrons. The summed E-state index contributed by atoms with van der Waals surface area (Å²) in [4.78, 5) is 2.46. The first kappa shape index (κ1) is 18.8. The van der Waals surface area contributed by atoms with Gasteiger partial charge >= 0.3 is 0 Å². The van der Waals surface area contributed by atoms with Gasteiger partial charge in [-0.1, -0.05) is 20.8 Å². The zero-order valence-corrected chi connectivity index (χ0v) is 13.5. The van der Waals surface area contributed by atoms with Crippen LogP contribution < -0.4 is 5.32 Å². The largest absolute Gasteiger partial charge is 0.394 e. The van der Waals surface area contributed by atoms with Crippen molar-refractivity contribution < 1.29 is 9.84 Å². The standard InChI is InChI=1S/C15H34N2O2/c1-6-15(13-18,16-4)8-7-9-17(10-11-19-5)12-14(2)3/h14,16,18H,6-13H2,1-5H3. The van der Waals surface area contributed by atoms with Crippen molar-refractivity contribution in [1.29, 1.82) is 0 Å². The monoisotopic (exact) mass is 274 g/mol. The molecule has 0 aliphatic carbocycles. The molecule has 0 aliphatic rings. The fraction of sp³-hybridized carbons (Fsp3) is 1.00. The van der Waals surface area contributed by atoms with E-state index < -0.39 is 0 Å². The Morgan fingerprint density at radius 2 is 2.00 bits per heavy atom. The molecule has 0 heterocycles. The lowest BCUT2D eigenvalue weighted by molar-refractivity contribution is 0.124. The van der Waals surface area contributed by atoms with Crippen molar-refractivity contribution in [2.45, 2.75) is 45.6 Å². The number of aliphatic hydroxyl groups is 1. The van der Waals surface area contributed by atoms with Crippen LogP contribution in [-0.4, -0.2) is 62.6 Å². The quantitative estimate of drug-likeness (QED) is 0.569. The van der Waals surface area contributed by atoms with Crippen LogP contribution in [0.5, 0.6) is 0 Å². The van der Waals surface area contributed by atoms with Gasteiger partial charge in [-0.3, -0.25) is 0 Å². The minimum absolute atomic E-state index is 0.106. The van der Waals surface area contributed by atoms with E-state index in [1.54, 1.807) is 7.11 Å². The van der Waals surface area contributed by atoms with Gasteiger partial charge < -0.3 is 20.1 Å². The Morgan fingerprint density at radius 3 is 2.42 bits per heavy atom. The molecule has 0 saturated heterocycles. The number of rotatable bonds is 12. The molecule has 0 rings (SSSR count). The van der Waals surface area contributed by atoms with E-state index in [1.807, 2.05) is 7.05 Å². The van der Waals surface area contributed by atoms with Gasteiger partial charge in [-0.2, -0.15) is 0 Å². The van der Waals surface area contributed by atoms with E-state index in [0.717, 1.165) is 45.5 Å². The van der Waals surface area contributed by atoms with E-state index in [2.05, 4.69) is 31.0 Å². The predicted molar refractivity (Wildman–Crippen MR) is 81.6 cm³/mol. The first-order chi connectivity index (χ1) is 9.03. The predicted octanol–water partition coefficient (Wildman–Crippen LogP) is 1.73. The first-order valence-corrected chi connectivity index (χ1v) is 7.54. The molecule has 4 heteroatoms. The van der Waals surface area contributed by atoms with Crippen molar-refractivity contribution in [2.75, 3.05) is 47.0 Å². The third-order valence-corrected chi connectivity index (χ3v) is 3.87. The van der Waals surface area contributed by atoms with Crippen LogP contribution >= 0.6 is 0 Å². The number of methoxy groups -OCH3 is 1. The van der Waals surface area contributed by atoms with Gasteiger partial charge in [0.2, 0.25) is 0 Å². The maximum atomic E-state index is 9.53. The Bertz CT molecular complexity index is 198. The number of hydrogen-bond acceptors (Lipinski definition) is 4. The molecule has 0 spiro atoms. The van der Waals surface area contributed by atoms with Crippen molar-refractivity contribution in [3.8, 4) is 0 Å². The summed E-state index contributed by atoms with van der Waals surface area (Å²) < 4.78 is 5.17. The summed E-state index contributed by atoms with van der Waals surface area (Å²) in [7, 11) is 3.69. The van der Waals surface area contributed by atoms with Crippen molar-refractivity contribution >= 4 is 0 Å². The van der Waals surface area contributed by atoms with Gasteiger partial charge in [0.25, 0.3) is 0 Å². The highest BCUT2D eigenvalue weighted by Crippen LogP contribution is 2.16. The maximum absolute atomic E-state index is 9.53. The summed E-state index contributed by atoms with van der Waals surface area (Å²) in [5.41, 5.74) is -0.106. The van der Waals surface area contributed by atoms with Crippen LogP contribution in [0.3, 0.4) is 0 Å². The fourth-order valence-electron chi connectivity index (χ4n) is 2.42. The molecule has 4 nitrogen and oxygen atoms in total. The van der Waals surface area contributed by atoms with Gasteiger partial charge in [-0.15, -0.1) is 0 Å². The van der Waals surface area contributed by atoms with E-state index in [9.17, 15) is 5.11 Å². The molecule has 0 amide bonds. The molecule has 0 aromatic rings. The Hall–Kier alpha value is -0.160. The van der Waals surface area contributed by atoms with Crippen molar-refractivity contribution in [2.24, 2.45) is 5.92 Å². The summed E-state index contributed by atoms with van der Waals surface area (Å²) in [6, 6.07) is 0. The van der Waals surface area contributed by atoms with Crippen molar-refractivity contribution in [3.05, 3.63) is 0 Å². The summed E-state index contributed by atoms with van der Waals surface area (Å²) in [5, 5.41) is 12.8. The smallest absolute Gasteiger partial charge is 0.0613 e. The van der Waals surface area contributed by atoms with E-state index in [0.29, 0.717) is 5.92 Å². The lowest BCUT2D eigenvalue weighted by Crippen LogP contribution is -2.46. The topological polar surface area (TPSA) is 44.7 Å². The number of nitrogens with zero attached hydrogens (tertiary/aromatic N) is 1.